The monoisotopic (exact) mass is 357 g/mol. The van der Waals surface area contributed by atoms with Crippen molar-refractivity contribution < 1.29 is 9.53 Å². The number of thioether (sulfide) groups is 1. The van der Waals surface area contributed by atoms with Crippen LogP contribution in [0, 0.1) is 0 Å². The van der Waals surface area contributed by atoms with E-state index in [1.165, 1.54) is 11.8 Å². The minimum atomic E-state index is -0.390. The van der Waals surface area contributed by atoms with Crippen LogP contribution < -0.4 is 10.5 Å². The first kappa shape index (κ1) is 17.1. The molecule has 0 bridgehead atoms. The number of amides is 1. The van der Waals surface area contributed by atoms with Crippen LogP contribution in [-0.2, 0) is 18.3 Å². The molecule has 0 aliphatic carbocycles. The number of hydrogen-bond donors (Lipinski definition) is 1. The molecule has 1 amide bonds. The second-order valence-corrected chi connectivity index (χ2v) is 6.42. The first-order valence-electron chi connectivity index (χ1n) is 7.68. The third-order valence-corrected chi connectivity index (χ3v) is 4.72. The van der Waals surface area contributed by atoms with Crippen molar-refractivity contribution in [2.45, 2.75) is 11.6 Å². The third kappa shape index (κ3) is 3.85. The maximum Gasteiger partial charge on any atom is 0.227 e. The lowest BCUT2D eigenvalue weighted by Gasteiger charge is -2.11. The number of nitrogens with zero attached hydrogens (tertiary/aromatic N) is 4. The van der Waals surface area contributed by atoms with Crippen LogP contribution in [0.1, 0.15) is 11.5 Å². The molecule has 25 heavy (non-hydrogen) atoms. The summed E-state index contributed by atoms with van der Waals surface area (Å²) in [7, 11) is 3.62. The quantitative estimate of drug-likeness (QED) is 0.651. The molecular weight excluding hydrogens is 338 g/mol. The summed E-state index contributed by atoms with van der Waals surface area (Å²) in [4.78, 5) is 11.1. The fourth-order valence-electron chi connectivity index (χ4n) is 2.48. The third-order valence-electron chi connectivity index (χ3n) is 3.77. The van der Waals surface area contributed by atoms with Crippen LogP contribution in [0.15, 0.2) is 47.8 Å². The predicted molar refractivity (Wildman–Crippen MR) is 96.0 cm³/mol. The maximum absolute atomic E-state index is 11.1. The summed E-state index contributed by atoms with van der Waals surface area (Å²) < 4.78 is 9.21. The Bertz CT molecular complexity index is 870. The summed E-state index contributed by atoms with van der Waals surface area (Å²) in [6.07, 6.45) is 2.62. The summed E-state index contributed by atoms with van der Waals surface area (Å²) in [5.74, 6) is 1.32. The van der Waals surface area contributed by atoms with Crippen LogP contribution >= 0.6 is 11.8 Å². The van der Waals surface area contributed by atoms with Crippen molar-refractivity contribution >= 4 is 17.7 Å². The van der Waals surface area contributed by atoms with Crippen molar-refractivity contribution in [3.05, 3.63) is 54.1 Å². The molecule has 0 fully saturated rings. The average Bonchev–Trinajstić information content (AvgIpc) is 3.20. The smallest absolute Gasteiger partial charge is 0.227 e. The number of carbonyl (C=O) groups is 1. The molecule has 0 spiro atoms. The Morgan fingerprint density at radius 1 is 1.24 bits per heavy atom. The molecule has 0 atom stereocenters. The number of rotatable bonds is 7. The predicted octanol–water partition coefficient (Wildman–Crippen LogP) is 1.78. The molecule has 130 valence electrons. The van der Waals surface area contributed by atoms with E-state index in [9.17, 15) is 4.79 Å². The lowest BCUT2D eigenvalue weighted by Crippen LogP contribution is -2.14. The van der Waals surface area contributed by atoms with Crippen LogP contribution in [-0.4, -0.2) is 38.1 Å². The Morgan fingerprint density at radius 2 is 2.00 bits per heavy atom. The van der Waals surface area contributed by atoms with E-state index in [1.54, 1.807) is 7.11 Å². The largest absolute Gasteiger partial charge is 0.497 e. The molecule has 0 saturated heterocycles. The minimum Gasteiger partial charge on any atom is -0.497 e. The lowest BCUT2D eigenvalue weighted by atomic mass is 10.2. The van der Waals surface area contributed by atoms with E-state index in [-0.39, 0.29) is 5.75 Å². The molecule has 2 heterocycles. The zero-order valence-electron chi connectivity index (χ0n) is 14.0. The van der Waals surface area contributed by atoms with Gasteiger partial charge in [-0.15, -0.1) is 10.2 Å². The van der Waals surface area contributed by atoms with Crippen molar-refractivity contribution in [3.63, 3.8) is 0 Å². The van der Waals surface area contributed by atoms with E-state index in [0.717, 1.165) is 23.0 Å². The molecule has 2 N–H and O–H groups in total. The van der Waals surface area contributed by atoms with Gasteiger partial charge in [0.15, 0.2) is 5.16 Å². The van der Waals surface area contributed by atoms with Crippen molar-refractivity contribution in [1.82, 2.24) is 19.3 Å². The van der Waals surface area contributed by atoms with Crippen LogP contribution in [0.2, 0.25) is 0 Å². The van der Waals surface area contributed by atoms with E-state index >= 15 is 0 Å². The lowest BCUT2D eigenvalue weighted by molar-refractivity contribution is -0.115. The first-order chi connectivity index (χ1) is 12.1. The van der Waals surface area contributed by atoms with E-state index in [2.05, 4.69) is 10.2 Å². The van der Waals surface area contributed by atoms with E-state index in [4.69, 9.17) is 10.5 Å². The van der Waals surface area contributed by atoms with Gasteiger partial charge in [-0.2, -0.15) is 0 Å². The fraction of sp³-hybridized carbons (Fsp3) is 0.235. The number of benzene rings is 1. The molecule has 0 radical (unpaired) electrons. The average molecular weight is 357 g/mol. The highest BCUT2D eigenvalue weighted by atomic mass is 32.2. The number of methoxy groups -OCH3 is 1. The zero-order valence-corrected chi connectivity index (χ0v) is 14.9. The molecule has 8 heteroatoms. The van der Waals surface area contributed by atoms with E-state index < -0.39 is 5.91 Å². The summed E-state index contributed by atoms with van der Waals surface area (Å²) in [6, 6.07) is 11.7. The Hall–Kier alpha value is -2.74. The minimum absolute atomic E-state index is 0.151. The van der Waals surface area contributed by atoms with Gasteiger partial charge in [0, 0.05) is 31.0 Å². The Morgan fingerprint density at radius 3 is 2.60 bits per heavy atom. The SMILES string of the molecule is COc1ccc(-n2c(Cc3cccn3C)nnc2SCC(N)=O)cc1. The molecule has 0 aliphatic heterocycles. The van der Waals surface area contributed by atoms with Gasteiger partial charge in [-0.3, -0.25) is 9.36 Å². The van der Waals surface area contributed by atoms with Crippen molar-refractivity contribution in [1.29, 1.82) is 0 Å². The van der Waals surface area contributed by atoms with E-state index in [1.807, 2.05) is 58.8 Å². The number of primary amides is 1. The highest BCUT2D eigenvalue weighted by Crippen LogP contribution is 2.24. The highest BCUT2D eigenvalue weighted by molar-refractivity contribution is 7.99. The number of ether oxygens (including phenoxy) is 1. The Balaban J connectivity index is 1.99. The topological polar surface area (TPSA) is 88.0 Å². The molecular formula is C17H19N5O2S. The van der Waals surface area contributed by atoms with Gasteiger partial charge in [0.1, 0.15) is 11.6 Å². The molecule has 2 aromatic heterocycles. The number of hydrogen-bond acceptors (Lipinski definition) is 5. The number of carbonyl (C=O) groups excluding carboxylic acids is 1. The second-order valence-electron chi connectivity index (χ2n) is 5.47. The number of aromatic nitrogens is 4. The van der Waals surface area contributed by atoms with Gasteiger partial charge in [0.05, 0.1) is 12.9 Å². The van der Waals surface area contributed by atoms with Crippen molar-refractivity contribution in [2.24, 2.45) is 12.8 Å². The standard InChI is InChI=1S/C17H19N5O2S/c1-21-9-3-4-13(21)10-16-19-20-17(25-11-15(18)23)22(16)12-5-7-14(24-2)8-6-12/h3-9H,10-11H2,1-2H3,(H2,18,23). The highest BCUT2D eigenvalue weighted by Gasteiger charge is 2.16. The van der Waals surface area contributed by atoms with Crippen LogP contribution in [0.5, 0.6) is 5.75 Å². The van der Waals surface area contributed by atoms with Gasteiger partial charge >= 0.3 is 0 Å². The maximum atomic E-state index is 11.1. The van der Waals surface area contributed by atoms with Gasteiger partial charge < -0.3 is 15.0 Å². The zero-order chi connectivity index (χ0) is 17.8. The van der Waals surface area contributed by atoms with Crippen molar-refractivity contribution in [2.75, 3.05) is 12.9 Å². The van der Waals surface area contributed by atoms with Crippen LogP contribution in [0.3, 0.4) is 0 Å². The summed E-state index contributed by atoms with van der Waals surface area (Å²) in [5.41, 5.74) is 7.29. The molecule has 0 aliphatic rings. The molecule has 0 unspecified atom stereocenters. The van der Waals surface area contributed by atoms with Crippen LogP contribution in [0.25, 0.3) is 5.69 Å². The van der Waals surface area contributed by atoms with Crippen LogP contribution in [0.4, 0.5) is 0 Å². The van der Waals surface area contributed by atoms with Gasteiger partial charge in [-0.1, -0.05) is 11.8 Å². The Labute approximate surface area is 149 Å². The second kappa shape index (κ2) is 7.43. The molecule has 3 rings (SSSR count). The molecule has 3 aromatic rings. The van der Waals surface area contributed by atoms with Gasteiger partial charge in [0.25, 0.3) is 0 Å². The molecule has 0 saturated carbocycles. The number of nitrogens with two attached hydrogens (primary N) is 1. The fourth-order valence-corrected chi connectivity index (χ4v) is 3.19. The van der Waals surface area contributed by atoms with Gasteiger partial charge in [0.2, 0.25) is 5.91 Å². The molecule has 7 nitrogen and oxygen atoms in total. The molecule has 1 aromatic carbocycles. The normalized spacial score (nSPS) is 10.8. The van der Waals surface area contributed by atoms with Crippen molar-refractivity contribution in [3.8, 4) is 11.4 Å². The van der Waals surface area contributed by atoms with E-state index in [0.29, 0.717) is 11.6 Å². The summed E-state index contributed by atoms with van der Waals surface area (Å²) >= 11 is 1.27. The van der Waals surface area contributed by atoms with Gasteiger partial charge in [-0.05, 0) is 36.4 Å². The van der Waals surface area contributed by atoms with Gasteiger partial charge in [-0.25, -0.2) is 0 Å². The summed E-state index contributed by atoms with van der Waals surface area (Å²) in [6.45, 7) is 0. The summed E-state index contributed by atoms with van der Waals surface area (Å²) in [5, 5.41) is 9.20. The number of aryl methyl sites for hydroxylation is 1. The first-order valence-corrected chi connectivity index (χ1v) is 8.67. The Kier molecular flexibility index (Phi) is 5.08.